The maximum absolute atomic E-state index is 10.3. The van der Waals surface area contributed by atoms with E-state index in [9.17, 15) is 9.59 Å². The summed E-state index contributed by atoms with van der Waals surface area (Å²) in [5.41, 5.74) is 0. The number of hydrogen-bond donors (Lipinski definition) is 3. The molecule has 0 fully saturated rings. The van der Waals surface area contributed by atoms with Crippen LogP contribution >= 0.6 is 0 Å². The van der Waals surface area contributed by atoms with Gasteiger partial charge in [-0.1, -0.05) is 84.0 Å². The van der Waals surface area contributed by atoms with E-state index in [1.807, 2.05) is 0 Å². The molecule has 0 unspecified atom stereocenters. The Morgan fingerprint density at radius 3 is 1.16 bits per heavy atom. The lowest BCUT2D eigenvalue weighted by Gasteiger charge is -2.02. The minimum absolute atomic E-state index is 0.0354. The first-order valence-electron chi connectivity index (χ1n) is 10.1. The van der Waals surface area contributed by atoms with Gasteiger partial charge in [-0.15, -0.1) is 0 Å². The molecule has 0 atom stereocenters. The third-order valence-corrected chi connectivity index (χ3v) is 4.04. The molecule has 0 aliphatic carbocycles. The number of aliphatic carboxylic acids is 2. The van der Waals surface area contributed by atoms with Gasteiger partial charge in [0.05, 0.1) is 0 Å². The van der Waals surface area contributed by atoms with Crippen molar-refractivity contribution < 1.29 is 24.9 Å². The molecular weight excluding hydrogens is 320 g/mol. The lowest BCUT2D eigenvalue weighted by atomic mass is 10.0. The summed E-state index contributed by atoms with van der Waals surface area (Å²) >= 11 is 0. The van der Waals surface area contributed by atoms with E-state index < -0.39 is 11.9 Å². The van der Waals surface area contributed by atoms with Crippen LogP contribution in [0.2, 0.25) is 0 Å². The molecule has 0 aromatic carbocycles. The van der Waals surface area contributed by atoms with E-state index in [1.165, 1.54) is 70.6 Å². The lowest BCUT2D eigenvalue weighted by molar-refractivity contribution is -0.138. The number of hydrogen-bond acceptors (Lipinski definition) is 3. The third-order valence-electron chi connectivity index (χ3n) is 4.04. The molecule has 150 valence electrons. The Morgan fingerprint density at radius 2 is 0.880 bits per heavy atom. The molecule has 0 rings (SSSR count). The minimum atomic E-state index is -0.853. The van der Waals surface area contributed by atoms with Gasteiger partial charge in [0.15, 0.2) is 0 Å². The zero-order chi connectivity index (χ0) is 19.2. The monoisotopic (exact) mass is 360 g/mol. The number of carboxylic acid groups (broad SMARTS) is 2. The van der Waals surface area contributed by atoms with Crippen LogP contribution in [-0.2, 0) is 9.59 Å². The SMILES string of the molecule is CCCCCCCCCCCCCCCC(=O)O.O=C(O)CCCO. The fraction of sp³-hybridized carbons (Fsp3) is 0.900. The van der Waals surface area contributed by atoms with Crippen molar-refractivity contribution in [2.75, 3.05) is 6.61 Å². The average Bonchev–Trinajstić information content (AvgIpc) is 2.57. The predicted octanol–water partition coefficient (Wildman–Crippen LogP) is 5.40. The molecule has 25 heavy (non-hydrogen) atoms. The second-order valence-electron chi connectivity index (χ2n) is 6.61. The van der Waals surface area contributed by atoms with Crippen LogP contribution in [0, 0.1) is 0 Å². The molecule has 0 bridgehead atoms. The lowest BCUT2D eigenvalue weighted by Crippen LogP contribution is -1.95. The molecule has 0 saturated carbocycles. The van der Waals surface area contributed by atoms with Crippen molar-refractivity contribution >= 4 is 11.9 Å². The topological polar surface area (TPSA) is 94.8 Å². The quantitative estimate of drug-likeness (QED) is 0.302. The Morgan fingerprint density at radius 1 is 0.560 bits per heavy atom. The molecule has 3 N–H and O–H groups in total. The number of carbonyl (C=O) groups is 2. The molecule has 0 saturated heterocycles. The highest BCUT2D eigenvalue weighted by Gasteiger charge is 1.96. The summed E-state index contributed by atoms with van der Waals surface area (Å²) < 4.78 is 0. The summed E-state index contributed by atoms with van der Waals surface area (Å²) in [6.45, 7) is 2.22. The largest absolute Gasteiger partial charge is 0.481 e. The number of unbranched alkanes of at least 4 members (excludes halogenated alkanes) is 12. The molecule has 0 amide bonds. The Kier molecular flexibility index (Phi) is 23.9. The van der Waals surface area contributed by atoms with E-state index in [1.54, 1.807) is 0 Å². The van der Waals surface area contributed by atoms with E-state index in [2.05, 4.69) is 6.92 Å². The summed E-state index contributed by atoms with van der Waals surface area (Å²) in [4.78, 5) is 19.9. The van der Waals surface area contributed by atoms with E-state index in [4.69, 9.17) is 15.3 Å². The van der Waals surface area contributed by atoms with Crippen LogP contribution in [-0.4, -0.2) is 33.9 Å². The van der Waals surface area contributed by atoms with Crippen molar-refractivity contribution in [2.24, 2.45) is 0 Å². The van der Waals surface area contributed by atoms with Gasteiger partial charge < -0.3 is 15.3 Å². The highest BCUT2D eigenvalue weighted by atomic mass is 16.4. The normalized spacial score (nSPS) is 10.2. The fourth-order valence-corrected chi connectivity index (χ4v) is 2.52. The first kappa shape index (κ1) is 26.1. The van der Waals surface area contributed by atoms with Crippen LogP contribution in [0.5, 0.6) is 0 Å². The van der Waals surface area contributed by atoms with E-state index in [0.29, 0.717) is 12.8 Å². The maximum Gasteiger partial charge on any atom is 0.303 e. The van der Waals surface area contributed by atoms with E-state index >= 15 is 0 Å². The number of carboxylic acids is 2. The van der Waals surface area contributed by atoms with Crippen molar-refractivity contribution in [3.05, 3.63) is 0 Å². The molecule has 0 aliphatic rings. The van der Waals surface area contributed by atoms with Gasteiger partial charge in [0.1, 0.15) is 0 Å². The Labute approximate surface area is 153 Å². The number of aliphatic hydroxyl groups excluding tert-OH is 1. The van der Waals surface area contributed by atoms with E-state index in [-0.39, 0.29) is 13.0 Å². The van der Waals surface area contributed by atoms with Gasteiger partial charge in [-0.2, -0.15) is 0 Å². The van der Waals surface area contributed by atoms with Crippen LogP contribution < -0.4 is 0 Å². The van der Waals surface area contributed by atoms with Gasteiger partial charge in [0.25, 0.3) is 0 Å². The Hall–Kier alpha value is -1.10. The number of rotatable bonds is 17. The molecule has 5 heteroatoms. The van der Waals surface area contributed by atoms with Gasteiger partial charge >= 0.3 is 11.9 Å². The summed E-state index contributed by atoms with van der Waals surface area (Å²) in [5.74, 6) is -1.51. The molecular formula is C20H40O5. The van der Waals surface area contributed by atoms with Crippen LogP contribution in [0.15, 0.2) is 0 Å². The van der Waals surface area contributed by atoms with Crippen LogP contribution in [0.25, 0.3) is 0 Å². The van der Waals surface area contributed by atoms with Gasteiger partial charge in [-0.3, -0.25) is 9.59 Å². The second kappa shape index (κ2) is 22.9. The first-order chi connectivity index (χ1) is 12.0. The van der Waals surface area contributed by atoms with Gasteiger partial charge in [-0.25, -0.2) is 0 Å². The molecule has 0 heterocycles. The summed E-state index contributed by atoms with van der Waals surface area (Å²) in [6, 6.07) is 0. The van der Waals surface area contributed by atoms with Gasteiger partial charge in [0.2, 0.25) is 0 Å². The second-order valence-corrected chi connectivity index (χ2v) is 6.61. The maximum atomic E-state index is 10.3. The standard InChI is InChI=1S/C16H32O2.C4H8O3/c1-2-3-4-5-6-7-8-9-10-11-12-13-14-15-16(17)18;5-3-1-2-4(6)7/h2-15H2,1H3,(H,17,18);5H,1-3H2,(H,6,7). The van der Waals surface area contributed by atoms with E-state index in [0.717, 1.165) is 12.8 Å². The molecule has 5 nitrogen and oxygen atoms in total. The van der Waals surface area contributed by atoms with Crippen molar-refractivity contribution in [1.82, 2.24) is 0 Å². The summed E-state index contributed by atoms with van der Waals surface area (Å²) in [6.07, 6.45) is 17.7. The van der Waals surface area contributed by atoms with Crippen LogP contribution in [0.3, 0.4) is 0 Å². The molecule has 0 aliphatic heterocycles. The molecule has 0 spiro atoms. The van der Waals surface area contributed by atoms with Gasteiger partial charge in [-0.05, 0) is 12.8 Å². The van der Waals surface area contributed by atoms with Crippen molar-refractivity contribution in [3.8, 4) is 0 Å². The predicted molar refractivity (Wildman–Crippen MR) is 102 cm³/mol. The van der Waals surface area contributed by atoms with Crippen LogP contribution in [0.1, 0.15) is 110 Å². The van der Waals surface area contributed by atoms with Crippen molar-refractivity contribution in [2.45, 2.75) is 110 Å². The summed E-state index contributed by atoms with van der Waals surface area (Å²) in [7, 11) is 0. The average molecular weight is 361 g/mol. The molecule has 0 aromatic heterocycles. The Balaban J connectivity index is 0. The molecule has 0 radical (unpaired) electrons. The Bertz CT molecular complexity index is 292. The van der Waals surface area contributed by atoms with Crippen LogP contribution in [0.4, 0.5) is 0 Å². The van der Waals surface area contributed by atoms with Crippen molar-refractivity contribution in [1.29, 1.82) is 0 Å². The molecule has 0 aromatic rings. The fourth-order valence-electron chi connectivity index (χ4n) is 2.52. The highest BCUT2D eigenvalue weighted by Crippen LogP contribution is 2.12. The first-order valence-corrected chi connectivity index (χ1v) is 10.1. The highest BCUT2D eigenvalue weighted by molar-refractivity contribution is 5.66. The summed E-state index contributed by atoms with van der Waals surface area (Å²) in [5, 5.41) is 24.5. The minimum Gasteiger partial charge on any atom is -0.481 e. The van der Waals surface area contributed by atoms with Crippen molar-refractivity contribution in [3.63, 3.8) is 0 Å². The number of aliphatic hydroxyl groups is 1. The third kappa shape index (κ3) is 31.2. The van der Waals surface area contributed by atoms with Gasteiger partial charge in [0, 0.05) is 19.4 Å². The zero-order valence-corrected chi connectivity index (χ0v) is 16.2. The zero-order valence-electron chi connectivity index (χ0n) is 16.2. The smallest absolute Gasteiger partial charge is 0.303 e.